The third-order valence-electron chi connectivity index (χ3n) is 5.92. The van der Waals surface area contributed by atoms with Crippen LogP contribution < -0.4 is 24.6 Å². The van der Waals surface area contributed by atoms with Crippen molar-refractivity contribution >= 4 is 30.8 Å². The fourth-order valence-electron chi connectivity index (χ4n) is 4.26. The lowest BCUT2D eigenvalue weighted by Gasteiger charge is -2.24. The van der Waals surface area contributed by atoms with Crippen molar-refractivity contribution in [1.29, 1.82) is 0 Å². The fourth-order valence-corrected chi connectivity index (χ4v) is 5.78. The zero-order valence-electron chi connectivity index (χ0n) is 23.0. The largest absolute Gasteiger partial charge is 0.475 e. The monoisotopic (exact) mass is 581 g/mol. The standard InChI is InChI=1S/C25H34FN6O7P/c1-6-35-21-19-20(29-24(27)30-21)32(14-28-19)23-25(5,26)12-18(38-23)13-36-40(34,39-17-10-8-7-9-11-17)31-16(4)22(33)37-15(2)3/h7-11,14-16,18,23H,6,12-13H2,1-5H3,(H3,27,29,30,31,34)/p+1. The summed E-state index contributed by atoms with van der Waals surface area (Å²) in [7, 11) is -4.15. The zero-order valence-corrected chi connectivity index (χ0v) is 23.9. The van der Waals surface area contributed by atoms with Crippen molar-refractivity contribution in [3.63, 3.8) is 0 Å². The maximum absolute atomic E-state index is 15.9. The van der Waals surface area contributed by atoms with Crippen LogP contribution in [0, 0.1) is 0 Å². The first kappa shape index (κ1) is 29.7. The van der Waals surface area contributed by atoms with Crippen molar-refractivity contribution in [2.45, 2.75) is 71.2 Å². The summed E-state index contributed by atoms with van der Waals surface area (Å²) >= 11 is 0. The molecule has 40 heavy (non-hydrogen) atoms. The number of ether oxygens (including phenoxy) is 3. The number of hydrogen-bond donors (Lipinski definition) is 3. The third-order valence-corrected chi connectivity index (χ3v) is 7.56. The van der Waals surface area contributed by atoms with E-state index in [-0.39, 0.29) is 36.7 Å². The maximum Gasteiger partial charge on any atom is 0.459 e. The summed E-state index contributed by atoms with van der Waals surface area (Å²) in [6, 6.07) is 7.32. The molecule has 0 spiro atoms. The molecule has 5 atom stereocenters. The molecular formula is C25H35FN6O7P+. The normalized spacial score (nSPS) is 23.2. The highest BCUT2D eigenvalue weighted by molar-refractivity contribution is 7.52. The van der Waals surface area contributed by atoms with Gasteiger partial charge in [0.1, 0.15) is 11.8 Å². The van der Waals surface area contributed by atoms with Crippen LogP contribution in [0.15, 0.2) is 36.7 Å². The Hall–Kier alpha value is -3.32. The Morgan fingerprint density at radius 3 is 2.73 bits per heavy atom. The van der Waals surface area contributed by atoms with Crippen molar-refractivity contribution in [2.24, 2.45) is 0 Å². The van der Waals surface area contributed by atoms with Crippen LogP contribution in [0.4, 0.5) is 10.3 Å². The molecule has 13 nitrogen and oxygen atoms in total. The van der Waals surface area contributed by atoms with Crippen LogP contribution >= 0.6 is 7.75 Å². The molecule has 4 N–H and O–H groups in total. The second-order valence-corrected chi connectivity index (χ2v) is 11.5. The number of nitrogens with one attached hydrogen (secondary N) is 2. The van der Waals surface area contributed by atoms with Crippen LogP contribution in [0.25, 0.3) is 11.2 Å². The number of esters is 1. The SMILES string of the molecule is CCOc1nc(N)nc2c1[nH]c[n+]2C1OC(COP(=O)(NC(C)C(=O)OC(C)C)Oc2ccccc2)CC1(C)F. The number of aromatic nitrogens is 4. The first-order valence-electron chi connectivity index (χ1n) is 12.9. The number of halogens is 1. The Labute approximate surface area is 231 Å². The first-order chi connectivity index (χ1) is 18.9. The Morgan fingerprint density at radius 1 is 1.32 bits per heavy atom. The van der Waals surface area contributed by atoms with Crippen LogP contribution in [-0.2, 0) is 23.4 Å². The molecule has 1 saturated heterocycles. The number of rotatable bonds is 12. The molecule has 1 aromatic carbocycles. The first-order valence-corrected chi connectivity index (χ1v) is 14.5. The number of alkyl halides is 1. The van der Waals surface area contributed by atoms with E-state index in [0.29, 0.717) is 17.8 Å². The van der Waals surface area contributed by atoms with Crippen molar-refractivity contribution < 1.29 is 41.6 Å². The van der Waals surface area contributed by atoms with E-state index in [1.165, 1.54) is 24.7 Å². The van der Waals surface area contributed by atoms with Gasteiger partial charge in [0.15, 0.2) is 12.0 Å². The summed E-state index contributed by atoms with van der Waals surface area (Å²) in [5.74, 6) is -0.192. The molecule has 2 aromatic heterocycles. The zero-order chi connectivity index (χ0) is 29.1. The number of nitrogens with zero attached hydrogens (tertiary/aromatic N) is 3. The van der Waals surface area contributed by atoms with Gasteiger partial charge in [-0.1, -0.05) is 23.2 Å². The Morgan fingerprint density at radius 2 is 2.05 bits per heavy atom. The minimum absolute atomic E-state index is 0.0436. The Balaban J connectivity index is 1.52. The van der Waals surface area contributed by atoms with Crippen molar-refractivity contribution in [2.75, 3.05) is 18.9 Å². The molecule has 1 fully saturated rings. The van der Waals surface area contributed by atoms with Gasteiger partial charge in [-0.05, 0) is 46.8 Å². The molecule has 218 valence electrons. The van der Waals surface area contributed by atoms with E-state index in [4.69, 9.17) is 29.0 Å². The average Bonchev–Trinajstić information content (AvgIpc) is 3.42. The molecule has 3 aromatic rings. The van der Waals surface area contributed by atoms with Crippen LogP contribution in [-0.4, -0.2) is 58.1 Å². The number of nitrogens with two attached hydrogens (primary N) is 1. The van der Waals surface area contributed by atoms with Crippen molar-refractivity contribution in [1.82, 2.24) is 20.0 Å². The molecule has 1 aliphatic rings. The van der Waals surface area contributed by atoms with Gasteiger partial charge in [-0.15, -0.1) is 0 Å². The van der Waals surface area contributed by atoms with Crippen molar-refractivity contribution in [3.05, 3.63) is 36.7 Å². The molecule has 0 radical (unpaired) electrons. The van der Waals surface area contributed by atoms with Crippen LogP contribution in [0.3, 0.4) is 0 Å². The molecule has 1 aliphatic heterocycles. The van der Waals surface area contributed by atoms with E-state index in [1.54, 1.807) is 51.1 Å². The maximum atomic E-state index is 15.9. The summed E-state index contributed by atoms with van der Waals surface area (Å²) in [5.41, 5.74) is 4.71. The smallest absolute Gasteiger partial charge is 0.459 e. The molecular weight excluding hydrogens is 546 g/mol. The number of aromatic amines is 1. The summed E-state index contributed by atoms with van der Waals surface area (Å²) in [6.07, 6.45) is -0.909. The fraction of sp³-hybridized carbons (Fsp3) is 0.520. The van der Waals surface area contributed by atoms with E-state index in [0.717, 1.165) is 0 Å². The number of fused-ring (bicyclic) bond motifs is 1. The molecule has 0 saturated carbocycles. The number of nitrogen functional groups attached to an aromatic ring is 1. The minimum atomic E-state index is -4.15. The number of hydrogen-bond acceptors (Lipinski definition) is 10. The summed E-state index contributed by atoms with van der Waals surface area (Å²) in [6.45, 7) is 8.11. The second kappa shape index (κ2) is 12.0. The predicted octanol–water partition coefficient (Wildman–Crippen LogP) is 3.38. The van der Waals surface area contributed by atoms with Crippen LogP contribution in [0.1, 0.15) is 47.3 Å². The van der Waals surface area contributed by atoms with Crippen LogP contribution in [0.2, 0.25) is 0 Å². The number of carbonyl (C=O) groups is 1. The molecule has 0 aliphatic carbocycles. The van der Waals surface area contributed by atoms with Gasteiger partial charge in [0.2, 0.25) is 11.7 Å². The highest BCUT2D eigenvalue weighted by Gasteiger charge is 2.51. The lowest BCUT2D eigenvalue weighted by molar-refractivity contribution is -0.749. The van der Waals surface area contributed by atoms with Gasteiger partial charge in [-0.2, -0.15) is 10.1 Å². The molecule has 0 bridgehead atoms. The quantitative estimate of drug-likeness (QED) is 0.163. The summed E-state index contributed by atoms with van der Waals surface area (Å²) < 4.78 is 59.2. The van der Waals surface area contributed by atoms with Gasteiger partial charge in [-0.3, -0.25) is 14.3 Å². The number of anilines is 1. The summed E-state index contributed by atoms with van der Waals surface area (Å²) in [5, 5.41) is 2.61. The van der Waals surface area contributed by atoms with Gasteiger partial charge >= 0.3 is 25.3 Å². The van der Waals surface area contributed by atoms with E-state index in [2.05, 4.69) is 20.0 Å². The number of H-pyrrole nitrogens is 1. The van der Waals surface area contributed by atoms with Gasteiger partial charge in [0.25, 0.3) is 5.88 Å². The van der Waals surface area contributed by atoms with E-state index in [9.17, 15) is 9.36 Å². The molecule has 0 amide bonds. The van der Waals surface area contributed by atoms with Crippen molar-refractivity contribution in [3.8, 4) is 11.6 Å². The Kier molecular flexibility index (Phi) is 8.93. The highest BCUT2D eigenvalue weighted by Crippen LogP contribution is 2.47. The predicted molar refractivity (Wildman–Crippen MR) is 142 cm³/mol. The van der Waals surface area contributed by atoms with Crippen LogP contribution in [0.5, 0.6) is 11.6 Å². The lowest BCUT2D eigenvalue weighted by Crippen LogP contribution is -2.47. The molecule has 5 unspecified atom stereocenters. The topological polar surface area (TPSA) is 164 Å². The van der Waals surface area contributed by atoms with Gasteiger partial charge in [-0.25, -0.2) is 13.5 Å². The van der Waals surface area contributed by atoms with E-state index >= 15 is 4.39 Å². The molecule has 3 heterocycles. The number of imidazole rings is 1. The number of benzene rings is 1. The van der Waals surface area contributed by atoms with E-state index in [1.807, 2.05) is 0 Å². The molecule has 4 rings (SSSR count). The van der Waals surface area contributed by atoms with Gasteiger partial charge < -0.3 is 24.5 Å². The molecule has 15 heteroatoms. The highest BCUT2D eigenvalue weighted by atomic mass is 31.2. The number of para-hydroxylation sites is 1. The average molecular weight is 582 g/mol. The summed E-state index contributed by atoms with van der Waals surface area (Å²) in [4.78, 5) is 23.7. The minimum Gasteiger partial charge on any atom is -0.475 e. The van der Waals surface area contributed by atoms with Gasteiger partial charge in [0.05, 0.1) is 25.4 Å². The van der Waals surface area contributed by atoms with E-state index < -0.39 is 37.8 Å². The second-order valence-electron chi connectivity index (χ2n) is 9.83. The van der Waals surface area contributed by atoms with Gasteiger partial charge in [0, 0.05) is 6.42 Å². The lowest BCUT2D eigenvalue weighted by atomic mass is 10.0. The Bertz CT molecular complexity index is 1370. The third kappa shape index (κ3) is 6.87. The number of carbonyl (C=O) groups excluding carboxylic acids is 1.